The molecule has 8 heteroatoms. The molecule has 3 heterocycles. The molecule has 1 saturated heterocycles. The van der Waals surface area contributed by atoms with Crippen LogP contribution < -0.4 is 15.0 Å². The fraction of sp³-hybridized carbons (Fsp3) is 0.565. The van der Waals surface area contributed by atoms with Crippen molar-refractivity contribution in [1.82, 2.24) is 10.3 Å². The van der Waals surface area contributed by atoms with Crippen LogP contribution >= 0.6 is 11.3 Å². The van der Waals surface area contributed by atoms with Crippen molar-refractivity contribution in [2.75, 3.05) is 18.0 Å². The van der Waals surface area contributed by atoms with Gasteiger partial charge in [0.25, 0.3) is 0 Å². The molecule has 1 atom stereocenters. The van der Waals surface area contributed by atoms with Gasteiger partial charge in [-0.2, -0.15) is 0 Å². The van der Waals surface area contributed by atoms with Crippen molar-refractivity contribution in [1.29, 1.82) is 0 Å². The molecule has 1 amide bonds. The van der Waals surface area contributed by atoms with E-state index in [0.717, 1.165) is 49.0 Å². The van der Waals surface area contributed by atoms with Crippen LogP contribution in [0.15, 0.2) is 17.5 Å². The average molecular weight is 446 g/mol. The lowest BCUT2D eigenvalue weighted by molar-refractivity contribution is 0.115. The van der Waals surface area contributed by atoms with E-state index in [-0.39, 0.29) is 12.1 Å². The number of hydrogen-bond donors (Lipinski definition) is 2. The number of halogens is 1. The topological polar surface area (TPSA) is 74.7 Å². The molecule has 0 radical (unpaired) electrons. The highest BCUT2D eigenvalue weighted by Gasteiger charge is 2.38. The quantitative estimate of drug-likeness (QED) is 0.684. The lowest BCUT2D eigenvalue weighted by Crippen LogP contribution is -2.41. The van der Waals surface area contributed by atoms with Gasteiger partial charge < -0.3 is 15.2 Å². The molecule has 6 nitrogen and oxygen atoms in total. The normalized spacial score (nSPS) is 23.2. The van der Waals surface area contributed by atoms with Crippen molar-refractivity contribution in [3.05, 3.63) is 28.1 Å². The third-order valence-corrected chi connectivity index (χ3v) is 7.87. The molecule has 0 bridgehead atoms. The highest BCUT2D eigenvalue weighted by atomic mass is 32.1. The smallest absolute Gasteiger partial charge is 0.412 e. The van der Waals surface area contributed by atoms with Crippen molar-refractivity contribution < 1.29 is 19.0 Å². The minimum Gasteiger partial charge on any atom is -0.489 e. The van der Waals surface area contributed by atoms with Gasteiger partial charge in [0.1, 0.15) is 10.8 Å². The summed E-state index contributed by atoms with van der Waals surface area (Å²) in [5, 5.41) is 15.4. The van der Waals surface area contributed by atoms with Gasteiger partial charge in [0.2, 0.25) is 0 Å². The van der Waals surface area contributed by atoms with E-state index >= 15 is 4.39 Å². The number of ether oxygens (including phenoxy) is 1. The summed E-state index contributed by atoms with van der Waals surface area (Å²) in [5.41, 5.74) is 1.79. The maximum atomic E-state index is 15.5. The Morgan fingerprint density at radius 3 is 2.77 bits per heavy atom. The van der Waals surface area contributed by atoms with Crippen LogP contribution in [0.3, 0.4) is 0 Å². The van der Waals surface area contributed by atoms with Crippen LogP contribution in [0.5, 0.6) is 5.75 Å². The van der Waals surface area contributed by atoms with Gasteiger partial charge in [-0.15, -0.1) is 11.3 Å². The van der Waals surface area contributed by atoms with E-state index in [1.165, 1.54) is 16.2 Å². The number of benzene rings is 1. The molecule has 1 aromatic carbocycles. The average Bonchev–Trinajstić information content (AvgIpc) is 3.21. The van der Waals surface area contributed by atoms with Crippen LogP contribution in [-0.4, -0.2) is 41.4 Å². The highest BCUT2D eigenvalue weighted by Crippen LogP contribution is 2.46. The first kappa shape index (κ1) is 20.7. The fourth-order valence-electron chi connectivity index (χ4n) is 4.73. The predicted molar refractivity (Wildman–Crippen MR) is 119 cm³/mol. The van der Waals surface area contributed by atoms with Gasteiger partial charge in [0, 0.05) is 35.4 Å². The van der Waals surface area contributed by atoms with E-state index in [1.54, 1.807) is 0 Å². The van der Waals surface area contributed by atoms with E-state index < -0.39 is 11.8 Å². The second kappa shape index (κ2) is 8.06. The Bertz CT molecular complexity index is 984. The molecule has 2 N–H and O–H groups in total. The lowest BCUT2D eigenvalue weighted by atomic mass is 9.92. The number of nitrogens with one attached hydrogen (secondary N) is 1. The van der Waals surface area contributed by atoms with Crippen LogP contribution in [-0.2, 0) is 12.1 Å². The minimum absolute atomic E-state index is 0.0791. The Morgan fingerprint density at radius 2 is 2.10 bits per heavy atom. The number of rotatable bonds is 4. The summed E-state index contributed by atoms with van der Waals surface area (Å²) >= 11 is 1.37. The number of aromatic nitrogens is 1. The maximum Gasteiger partial charge on any atom is 0.412 e. The summed E-state index contributed by atoms with van der Waals surface area (Å²) in [7, 11) is 0. The zero-order chi connectivity index (χ0) is 21.6. The summed E-state index contributed by atoms with van der Waals surface area (Å²) in [6, 6.07) is 3.67. The summed E-state index contributed by atoms with van der Waals surface area (Å²) < 4.78 is 21.9. The molecule has 166 valence electrons. The van der Waals surface area contributed by atoms with Crippen molar-refractivity contribution in [3.8, 4) is 17.0 Å². The molecular weight excluding hydrogens is 417 g/mol. The number of carbonyl (C=O) groups is 1. The predicted octanol–water partition coefficient (Wildman–Crippen LogP) is 5.11. The SMILES string of the molecule is C[C@H]1CCc2c(ccc(-c3csc(C4(F)CCNCC4)n3)c2OC2CCC2)N1C(=O)O. The molecule has 1 saturated carbocycles. The van der Waals surface area contributed by atoms with Gasteiger partial charge in [-0.1, -0.05) is 0 Å². The largest absolute Gasteiger partial charge is 0.489 e. The zero-order valence-corrected chi connectivity index (χ0v) is 18.5. The van der Waals surface area contributed by atoms with Crippen LogP contribution in [0.1, 0.15) is 56.0 Å². The van der Waals surface area contributed by atoms with Crippen LogP contribution in [0.2, 0.25) is 0 Å². The number of hydrogen-bond acceptors (Lipinski definition) is 5. The summed E-state index contributed by atoms with van der Waals surface area (Å²) in [6.07, 6.45) is 4.72. The van der Waals surface area contributed by atoms with E-state index in [4.69, 9.17) is 9.72 Å². The first-order chi connectivity index (χ1) is 15.0. The van der Waals surface area contributed by atoms with E-state index in [0.29, 0.717) is 42.3 Å². The minimum atomic E-state index is -1.38. The van der Waals surface area contributed by atoms with E-state index in [1.807, 2.05) is 24.4 Å². The molecule has 1 aliphatic carbocycles. The number of carboxylic acid groups (broad SMARTS) is 1. The molecular formula is C23H28FN3O3S. The van der Waals surface area contributed by atoms with Crippen molar-refractivity contribution in [2.24, 2.45) is 0 Å². The van der Waals surface area contributed by atoms with Crippen molar-refractivity contribution in [3.63, 3.8) is 0 Å². The third-order valence-electron chi connectivity index (χ3n) is 6.85. The molecule has 5 rings (SSSR count). The number of fused-ring (bicyclic) bond motifs is 1. The van der Waals surface area contributed by atoms with E-state index in [2.05, 4.69) is 5.32 Å². The van der Waals surface area contributed by atoms with E-state index in [9.17, 15) is 9.90 Å². The Morgan fingerprint density at radius 1 is 1.32 bits per heavy atom. The zero-order valence-electron chi connectivity index (χ0n) is 17.7. The van der Waals surface area contributed by atoms with Gasteiger partial charge in [-0.25, -0.2) is 14.2 Å². The number of piperidine rings is 1. The molecule has 0 unspecified atom stereocenters. The number of alkyl halides is 1. The lowest BCUT2D eigenvalue weighted by Gasteiger charge is -2.36. The number of nitrogens with zero attached hydrogens (tertiary/aromatic N) is 2. The van der Waals surface area contributed by atoms with Crippen molar-refractivity contribution >= 4 is 23.1 Å². The maximum absolute atomic E-state index is 15.5. The summed E-state index contributed by atoms with van der Waals surface area (Å²) in [6.45, 7) is 3.25. The fourth-order valence-corrected chi connectivity index (χ4v) is 5.70. The first-order valence-corrected chi connectivity index (χ1v) is 12.0. The van der Waals surface area contributed by atoms with Gasteiger partial charge >= 0.3 is 6.09 Å². The Hall–Kier alpha value is -2.19. The summed E-state index contributed by atoms with van der Waals surface area (Å²) in [5.74, 6) is 0.732. The number of amides is 1. The van der Waals surface area contributed by atoms with Crippen molar-refractivity contribution in [2.45, 2.75) is 69.7 Å². The third kappa shape index (κ3) is 3.69. The highest BCUT2D eigenvalue weighted by molar-refractivity contribution is 7.10. The summed E-state index contributed by atoms with van der Waals surface area (Å²) in [4.78, 5) is 18.1. The van der Waals surface area contributed by atoms with Gasteiger partial charge in [-0.3, -0.25) is 4.90 Å². The van der Waals surface area contributed by atoms with Gasteiger partial charge in [0.15, 0.2) is 5.67 Å². The van der Waals surface area contributed by atoms with Crippen LogP contribution in [0, 0.1) is 0 Å². The number of thiazole rings is 1. The molecule has 3 aliphatic rings. The first-order valence-electron chi connectivity index (χ1n) is 11.2. The van der Waals surface area contributed by atoms with Gasteiger partial charge in [0.05, 0.1) is 17.5 Å². The van der Waals surface area contributed by atoms with Crippen LogP contribution in [0.4, 0.5) is 14.9 Å². The number of anilines is 1. The standard InChI is InChI=1S/C23H28FN3O3S/c1-14-5-6-17-19(27(14)22(28)29)8-7-16(20(17)30-15-3-2-4-15)18-13-31-21(26-18)23(24)9-11-25-12-10-23/h7-8,13-15,25H,2-6,9-12H2,1H3,(H,28,29)/t14-/m0/s1. The monoisotopic (exact) mass is 445 g/mol. The molecule has 2 aliphatic heterocycles. The van der Waals surface area contributed by atoms with Crippen LogP contribution in [0.25, 0.3) is 11.3 Å². The Kier molecular flexibility index (Phi) is 5.38. The molecule has 1 aromatic heterocycles. The molecule has 31 heavy (non-hydrogen) atoms. The Labute approximate surface area is 185 Å². The Balaban J connectivity index is 1.57. The van der Waals surface area contributed by atoms with Gasteiger partial charge in [-0.05, 0) is 64.3 Å². The molecule has 2 aromatic rings. The molecule has 0 spiro atoms. The second-order valence-corrected chi connectivity index (χ2v) is 9.76. The second-order valence-electron chi connectivity index (χ2n) is 8.90. The molecule has 2 fully saturated rings.